The van der Waals surface area contributed by atoms with E-state index in [1.165, 1.54) is 0 Å². The van der Waals surface area contributed by atoms with Gasteiger partial charge in [0.05, 0.1) is 0 Å². The van der Waals surface area contributed by atoms with E-state index < -0.39 is 0 Å². The lowest BCUT2D eigenvalue weighted by atomic mass is 10.3. The first-order chi connectivity index (χ1) is 13.7. The lowest BCUT2D eigenvalue weighted by Gasteiger charge is -2.11. The van der Waals surface area contributed by atoms with Crippen molar-refractivity contribution in [3.63, 3.8) is 0 Å². The molecule has 138 valence electrons. The van der Waals surface area contributed by atoms with Crippen LogP contribution < -0.4 is 16.0 Å². The summed E-state index contributed by atoms with van der Waals surface area (Å²) in [7, 11) is 0. The summed E-state index contributed by atoms with van der Waals surface area (Å²) in [5, 5.41) is 18.9. The van der Waals surface area contributed by atoms with E-state index in [9.17, 15) is 5.11 Å². The van der Waals surface area contributed by atoms with Gasteiger partial charge in [-0.25, -0.2) is 0 Å². The molecule has 7 nitrogen and oxygen atoms in total. The number of para-hydroxylation sites is 2. The summed E-state index contributed by atoms with van der Waals surface area (Å²) in [4.78, 5) is 13.3. The standard InChI is InChI=1S/C21H18N6O/c28-18-13-11-17(12-14-18)24-21-26-19(22-15-7-3-1-4-8-15)25-20(27-21)23-16-9-5-2-6-10-16/h1-14,28H,(H3,22,23,24,25,26,27). The number of benzene rings is 3. The van der Waals surface area contributed by atoms with Gasteiger partial charge in [-0.05, 0) is 48.5 Å². The second-order valence-corrected chi connectivity index (χ2v) is 5.96. The number of anilines is 6. The fourth-order valence-electron chi connectivity index (χ4n) is 2.52. The summed E-state index contributed by atoms with van der Waals surface area (Å²) in [6.07, 6.45) is 0. The molecular weight excluding hydrogens is 352 g/mol. The second-order valence-electron chi connectivity index (χ2n) is 5.96. The Kier molecular flexibility index (Phi) is 4.97. The normalized spacial score (nSPS) is 10.3. The van der Waals surface area contributed by atoms with Crippen LogP contribution in [0.3, 0.4) is 0 Å². The molecule has 0 saturated carbocycles. The van der Waals surface area contributed by atoms with E-state index in [1.807, 2.05) is 60.7 Å². The Labute approximate surface area is 162 Å². The molecule has 1 aromatic heterocycles. The number of phenolic OH excluding ortho intramolecular Hbond substituents is 1. The quantitative estimate of drug-likeness (QED) is 0.362. The number of aromatic hydroxyl groups is 1. The van der Waals surface area contributed by atoms with E-state index in [0.717, 1.165) is 17.1 Å². The lowest BCUT2D eigenvalue weighted by Crippen LogP contribution is -2.07. The smallest absolute Gasteiger partial charge is 0.233 e. The van der Waals surface area contributed by atoms with Crippen LogP contribution >= 0.6 is 0 Å². The van der Waals surface area contributed by atoms with Crippen LogP contribution in [0, 0.1) is 0 Å². The number of hydrogen-bond acceptors (Lipinski definition) is 7. The van der Waals surface area contributed by atoms with Crippen molar-refractivity contribution in [1.29, 1.82) is 0 Å². The zero-order valence-corrected chi connectivity index (χ0v) is 14.9. The Morgan fingerprint density at radius 3 is 1.21 bits per heavy atom. The van der Waals surface area contributed by atoms with Gasteiger partial charge in [-0.2, -0.15) is 15.0 Å². The molecule has 0 aliphatic heterocycles. The molecule has 4 N–H and O–H groups in total. The molecule has 3 aromatic carbocycles. The molecule has 0 bridgehead atoms. The summed E-state index contributed by atoms with van der Waals surface area (Å²) in [6.45, 7) is 0. The van der Waals surface area contributed by atoms with Gasteiger partial charge in [-0.3, -0.25) is 0 Å². The molecule has 0 aliphatic carbocycles. The lowest BCUT2D eigenvalue weighted by molar-refractivity contribution is 0.475. The molecule has 1 heterocycles. The molecule has 0 aliphatic rings. The third kappa shape index (κ3) is 4.53. The van der Waals surface area contributed by atoms with E-state index in [4.69, 9.17) is 0 Å². The van der Waals surface area contributed by atoms with Crippen molar-refractivity contribution in [2.24, 2.45) is 0 Å². The minimum Gasteiger partial charge on any atom is -0.508 e. The predicted octanol–water partition coefficient (Wildman–Crippen LogP) is 4.81. The zero-order valence-electron chi connectivity index (χ0n) is 14.9. The molecule has 0 unspecified atom stereocenters. The number of hydrogen-bond donors (Lipinski definition) is 4. The van der Waals surface area contributed by atoms with Crippen LogP contribution in [0.25, 0.3) is 0 Å². The molecule has 28 heavy (non-hydrogen) atoms. The highest BCUT2D eigenvalue weighted by molar-refractivity contribution is 5.62. The molecule has 4 aromatic rings. The van der Waals surface area contributed by atoms with Crippen LogP contribution in [0.1, 0.15) is 0 Å². The number of nitrogens with one attached hydrogen (secondary N) is 3. The van der Waals surface area contributed by atoms with Gasteiger partial charge in [-0.15, -0.1) is 0 Å². The first-order valence-corrected chi connectivity index (χ1v) is 8.71. The van der Waals surface area contributed by atoms with Crippen LogP contribution in [-0.2, 0) is 0 Å². The van der Waals surface area contributed by atoms with Gasteiger partial charge in [0.15, 0.2) is 0 Å². The average molecular weight is 370 g/mol. The van der Waals surface area contributed by atoms with E-state index in [2.05, 4.69) is 30.9 Å². The highest BCUT2D eigenvalue weighted by atomic mass is 16.3. The Balaban J connectivity index is 1.64. The van der Waals surface area contributed by atoms with Crippen molar-refractivity contribution in [1.82, 2.24) is 15.0 Å². The van der Waals surface area contributed by atoms with Crippen molar-refractivity contribution < 1.29 is 5.11 Å². The number of nitrogens with zero attached hydrogens (tertiary/aromatic N) is 3. The van der Waals surface area contributed by atoms with Crippen LogP contribution in [0.2, 0.25) is 0 Å². The number of aromatic nitrogens is 3. The predicted molar refractivity (Wildman–Crippen MR) is 111 cm³/mol. The molecular formula is C21H18N6O. The summed E-state index contributed by atoms with van der Waals surface area (Å²) >= 11 is 0. The van der Waals surface area contributed by atoms with Gasteiger partial charge in [0.2, 0.25) is 17.8 Å². The second kappa shape index (κ2) is 8.05. The van der Waals surface area contributed by atoms with Crippen molar-refractivity contribution >= 4 is 34.9 Å². The average Bonchev–Trinajstić information content (AvgIpc) is 2.71. The number of phenols is 1. The fraction of sp³-hybridized carbons (Fsp3) is 0. The largest absolute Gasteiger partial charge is 0.508 e. The Morgan fingerprint density at radius 1 is 0.464 bits per heavy atom. The molecule has 4 rings (SSSR count). The van der Waals surface area contributed by atoms with Crippen molar-refractivity contribution in [2.75, 3.05) is 16.0 Å². The fourth-order valence-corrected chi connectivity index (χ4v) is 2.52. The van der Waals surface area contributed by atoms with E-state index in [0.29, 0.717) is 17.8 Å². The minimum atomic E-state index is 0.194. The SMILES string of the molecule is Oc1ccc(Nc2nc(Nc3ccccc3)nc(Nc3ccccc3)n2)cc1. The molecule has 0 atom stereocenters. The van der Waals surface area contributed by atoms with Crippen LogP contribution in [-0.4, -0.2) is 20.1 Å². The third-order valence-electron chi connectivity index (χ3n) is 3.82. The van der Waals surface area contributed by atoms with Gasteiger partial charge in [-0.1, -0.05) is 36.4 Å². The molecule has 7 heteroatoms. The van der Waals surface area contributed by atoms with Crippen LogP contribution in [0.5, 0.6) is 5.75 Å². The molecule has 0 radical (unpaired) electrons. The van der Waals surface area contributed by atoms with Gasteiger partial charge in [0.1, 0.15) is 5.75 Å². The monoisotopic (exact) mass is 370 g/mol. The molecule has 0 amide bonds. The maximum atomic E-state index is 9.45. The Hall–Kier alpha value is -4.13. The van der Waals surface area contributed by atoms with Crippen LogP contribution in [0.15, 0.2) is 84.9 Å². The van der Waals surface area contributed by atoms with Crippen molar-refractivity contribution in [3.8, 4) is 5.75 Å². The first-order valence-electron chi connectivity index (χ1n) is 8.71. The first kappa shape index (κ1) is 17.3. The van der Waals surface area contributed by atoms with Gasteiger partial charge in [0, 0.05) is 17.1 Å². The van der Waals surface area contributed by atoms with Crippen molar-refractivity contribution in [3.05, 3.63) is 84.9 Å². The zero-order chi connectivity index (χ0) is 19.2. The highest BCUT2D eigenvalue weighted by Crippen LogP contribution is 2.21. The maximum Gasteiger partial charge on any atom is 0.233 e. The topological polar surface area (TPSA) is 95.0 Å². The van der Waals surface area contributed by atoms with Crippen LogP contribution in [0.4, 0.5) is 34.9 Å². The maximum absolute atomic E-state index is 9.45. The Morgan fingerprint density at radius 2 is 0.821 bits per heavy atom. The molecule has 0 fully saturated rings. The highest BCUT2D eigenvalue weighted by Gasteiger charge is 2.08. The molecule has 0 spiro atoms. The summed E-state index contributed by atoms with van der Waals surface area (Å²) in [6, 6.07) is 26.0. The summed E-state index contributed by atoms with van der Waals surface area (Å²) in [5.74, 6) is 1.37. The molecule has 0 saturated heterocycles. The summed E-state index contributed by atoms with van der Waals surface area (Å²) in [5.41, 5.74) is 2.49. The van der Waals surface area contributed by atoms with Crippen molar-refractivity contribution in [2.45, 2.75) is 0 Å². The van der Waals surface area contributed by atoms with Gasteiger partial charge >= 0.3 is 0 Å². The van der Waals surface area contributed by atoms with Gasteiger partial charge < -0.3 is 21.1 Å². The third-order valence-corrected chi connectivity index (χ3v) is 3.82. The minimum absolute atomic E-state index is 0.194. The number of rotatable bonds is 6. The van der Waals surface area contributed by atoms with E-state index in [-0.39, 0.29) is 5.75 Å². The van der Waals surface area contributed by atoms with E-state index >= 15 is 0 Å². The van der Waals surface area contributed by atoms with E-state index in [1.54, 1.807) is 24.3 Å². The summed E-state index contributed by atoms with van der Waals surface area (Å²) < 4.78 is 0. The van der Waals surface area contributed by atoms with Gasteiger partial charge in [0.25, 0.3) is 0 Å². The Bertz CT molecular complexity index is 980.